The van der Waals surface area contributed by atoms with Crippen LogP contribution in [0.1, 0.15) is 168 Å². The van der Waals surface area contributed by atoms with E-state index in [0.29, 0.717) is 25.7 Å². The summed E-state index contributed by atoms with van der Waals surface area (Å²) in [4.78, 5) is 35.0. The van der Waals surface area contributed by atoms with Gasteiger partial charge in [-0.1, -0.05) is 162 Å². The SMILES string of the molecule is CCCCC/C=C/C/C=C/C/C=C/C/C=C/CCCC(=O)O[C@H](COC(=O)CCC/C=C/C/C=C/C/C=C/C/C=C/CCCCCCCCC)COP(=O)(O)OC[C@@H](O)CO. The van der Waals surface area contributed by atoms with E-state index in [1.807, 2.05) is 18.2 Å². The average molecular weight is 875 g/mol. The lowest BCUT2D eigenvalue weighted by atomic mass is 10.1. The first-order valence-electron chi connectivity index (χ1n) is 23.2. The van der Waals surface area contributed by atoms with Gasteiger partial charge < -0.3 is 24.6 Å². The maximum Gasteiger partial charge on any atom is 0.472 e. The van der Waals surface area contributed by atoms with Crippen molar-refractivity contribution >= 4 is 19.8 Å². The Morgan fingerprint density at radius 3 is 1.31 bits per heavy atom. The minimum absolute atomic E-state index is 0.0910. The average Bonchev–Trinajstić information content (AvgIpc) is 3.25. The summed E-state index contributed by atoms with van der Waals surface area (Å²) in [5.41, 5.74) is 0. The van der Waals surface area contributed by atoms with E-state index in [1.54, 1.807) is 0 Å². The molecule has 0 aromatic rings. The van der Waals surface area contributed by atoms with Crippen LogP contribution in [-0.2, 0) is 32.7 Å². The second-order valence-corrected chi connectivity index (χ2v) is 16.5. The normalized spacial score (nSPS) is 14.6. The molecule has 0 aromatic carbocycles. The van der Waals surface area contributed by atoms with Crippen LogP contribution in [0.2, 0.25) is 0 Å². The van der Waals surface area contributed by atoms with Crippen molar-refractivity contribution in [3.05, 3.63) is 97.2 Å². The van der Waals surface area contributed by atoms with Gasteiger partial charge in [0.1, 0.15) is 12.7 Å². The molecule has 0 radical (unpaired) electrons. The van der Waals surface area contributed by atoms with Crippen molar-refractivity contribution < 1.29 is 47.8 Å². The van der Waals surface area contributed by atoms with Gasteiger partial charge in [0.05, 0.1) is 19.8 Å². The van der Waals surface area contributed by atoms with Gasteiger partial charge >= 0.3 is 19.8 Å². The summed E-state index contributed by atoms with van der Waals surface area (Å²) in [6, 6.07) is 0. The lowest BCUT2D eigenvalue weighted by molar-refractivity contribution is -0.161. The van der Waals surface area contributed by atoms with Crippen molar-refractivity contribution in [1.82, 2.24) is 0 Å². The Balaban J connectivity index is 4.46. The molecule has 10 nitrogen and oxygen atoms in total. The van der Waals surface area contributed by atoms with Gasteiger partial charge in [-0.15, -0.1) is 0 Å². The molecule has 0 rings (SSSR count). The Bertz CT molecular complexity index is 1330. The van der Waals surface area contributed by atoms with Gasteiger partial charge in [-0.3, -0.25) is 18.6 Å². The molecule has 3 N–H and O–H groups in total. The van der Waals surface area contributed by atoms with Gasteiger partial charge in [-0.25, -0.2) is 4.57 Å². The van der Waals surface area contributed by atoms with E-state index >= 15 is 0 Å². The van der Waals surface area contributed by atoms with Gasteiger partial charge in [0, 0.05) is 12.8 Å². The fourth-order valence-electron chi connectivity index (χ4n) is 5.62. The molecule has 0 heterocycles. The highest BCUT2D eigenvalue weighted by Gasteiger charge is 2.27. The number of unbranched alkanes of at least 4 members (excludes halogenated alkanes) is 12. The minimum Gasteiger partial charge on any atom is -0.462 e. The minimum atomic E-state index is -4.65. The number of hydrogen-bond acceptors (Lipinski definition) is 9. The van der Waals surface area contributed by atoms with E-state index in [4.69, 9.17) is 19.1 Å². The van der Waals surface area contributed by atoms with Crippen LogP contribution in [0.5, 0.6) is 0 Å². The number of phosphoric acid groups is 1. The summed E-state index contributed by atoms with van der Waals surface area (Å²) < 4.78 is 32.6. The zero-order chi connectivity index (χ0) is 44.8. The molecule has 0 aromatic heterocycles. The third-order valence-electron chi connectivity index (χ3n) is 9.21. The number of carbonyl (C=O) groups excluding carboxylic acids is 2. The fraction of sp³-hybridized carbons (Fsp3) is 0.640. The predicted octanol–water partition coefficient (Wildman–Crippen LogP) is 12.8. The molecular weight excluding hydrogens is 792 g/mol. The molecule has 3 atom stereocenters. The van der Waals surface area contributed by atoms with Crippen LogP contribution in [0.15, 0.2) is 97.2 Å². The topological polar surface area (TPSA) is 149 Å². The Morgan fingerprint density at radius 2 is 0.852 bits per heavy atom. The van der Waals surface area contributed by atoms with Crippen molar-refractivity contribution in [1.29, 1.82) is 0 Å². The van der Waals surface area contributed by atoms with E-state index in [2.05, 4.69) is 97.4 Å². The first-order chi connectivity index (χ1) is 29.7. The Labute approximate surface area is 370 Å². The smallest absolute Gasteiger partial charge is 0.462 e. The highest BCUT2D eigenvalue weighted by atomic mass is 31.2. The maximum atomic E-state index is 12.6. The summed E-state index contributed by atoms with van der Waals surface area (Å²) in [6.07, 6.45) is 55.3. The van der Waals surface area contributed by atoms with E-state index in [1.165, 1.54) is 70.6 Å². The fourth-order valence-corrected chi connectivity index (χ4v) is 6.41. The zero-order valence-electron chi connectivity index (χ0n) is 37.8. The summed E-state index contributed by atoms with van der Waals surface area (Å²) in [7, 11) is -4.65. The van der Waals surface area contributed by atoms with Crippen molar-refractivity contribution in [3.8, 4) is 0 Å². The number of esters is 2. The summed E-state index contributed by atoms with van der Waals surface area (Å²) in [5.74, 6) is -1.06. The Hall–Kier alpha value is -3.11. The molecule has 11 heteroatoms. The van der Waals surface area contributed by atoms with E-state index in [-0.39, 0.29) is 19.4 Å². The summed E-state index contributed by atoms with van der Waals surface area (Å²) in [5, 5.41) is 18.4. The van der Waals surface area contributed by atoms with Crippen molar-refractivity contribution in [2.75, 3.05) is 26.4 Å². The summed E-state index contributed by atoms with van der Waals surface area (Å²) in [6.45, 7) is 2.21. The molecule has 61 heavy (non-hydrogen) atoms. The van der Waals surface area contributed by atoms with E-state index in [9.17, 15) is 24.2 Å². The highest BCUT2D eigenvalue weighted by molar-refractivity contribution is 7.47. The molecule has 0 spiro atoms. The quantitative estimate of drug-likeness (QED) is 0.0234. The Kier molecular flexibility index (Phi) is 42.6. The van der Waals surface area contributed by atoms with Gasteiger partial charge in [-0.05, 0) is 89.9 Å². The van der Waals surface area contributed by atoms with Gasteiger partial charge in [-0.2, -0.15) is 0 Å². The molecule has 0 aliphatic rings. The number of hydrogen-bond donors (Lipinski definition) is 3. The number of allylic oxidation sites excluding steroid dienone is 16. The summed E-state index contributed by atoms with van der Waals surface area (Å²) >= 11 is 0. The molecule has 1 unspecified atom stereocenters. The second kappa shape index (κ2) is 44.9. The number of phosphoric ester groups is 1. The van der Waals surface area contributed by atoms with Gasteiger partial charge in [0.2, 0.25) is 0 Å². The largest absolute Gasteiger partial charge is 0.472 e. The van der Waals surface area contributed by atoms with Crippen molar-refractivity contribution in [3.63, 3.8) is 0 Å². The van der Waals surface area contributed by atoms with Crippen LogP contribution < -0.4 is 0 Å². The van der Waals surface area contributed by atoms with Crippen LogP contribution in [-0.4, -0.2) is 65.7 Å². The monoisotopic (exact) mass is 875 g/mol. The lowest BCUT2D eigenvalue weighted by Crippen LogP contribution is -2.29. The molecule has 0 fully saturated rings. The molecule has 0 aliphatic heterocycles. The number of carbonyl (C=O) groups is 2. The third-order valence-corrected chi connectivity index (χ3v) is 10.2. The first-order valence-corrected chi connectivity index (χ1v) is 24.7. The molecule has 0 saturated carbocycles. The number of rotatable bonds is 42. The zero-order valence-corrected chi connectivity index (χ0v) is 38.7. The molecule has 348 valence electrons. The molecule has 0 aliphatic carbocycles. The van der Waals surface area contributed by atoms with Crippen LogP contribution in [0.3, 0.4) is 0 Å². The predicted molar refractivity (Wildman–Crippen MR) is 251 cm³/mol. The van der Waals surface area contributed by atoms with Gasteiger partial charge in [0.25, 0.3) is 0 Å². The second-order valence-electron chi connectivity index (χ2n) is 15.1. The Morgan fingerprint density at radius 1 is 0.492 bits per heavy atom. The van der Waals surface area contributed by atoms with E-state index in [0.717, 1.165) is 44.9 Å². The number of aliphatic hydroxyl groups excluding tert-OH is 2. The van der Waals surface area contributed by atoms with Crippen LogP contribution >= 0.6 is 7.82 Å². The van der Waals surface area contributed by atoms with Crippen molar-refractivity contribution in [2.24, 2.45) is 0 Å². The third kappa shape index (κ3) is 44.7. The molecule has 0 saturated heterocycles. The van der Waals surface area contributed by atoms with E-state index < -0.39 is 51.8 Å². The van der Waals surface area contributed by atoms with Crippen LogP contribution in [0, 0.1) is 0 Å². The van der Waals surface area contributed by atoms with Gasteiger partial charge in [0.15, 0.2) is 6.10 Å². The maximum absolute atomic E-state index is 12.6. The number of ether oxygens (including phenoxy) is 2. The van der Waals surface area contributed by atoms with Crippen LogP contribution in [0.4, 0.5) is 0 Å². The van der Waals surface area contributed by atoms with Crippen LogP contribution in [0.25, 0.3) is 0 Å². The molecular formula is C50H83O10P. The highest BCUT2D eigenvalue weighted by Crippen LogP contribution is 2.43. The first kappa shape index (κ1) is 57.9. The lowest BCUT2D eigenvalue weighted by Gasteiger charge is -2.20. The standard InChI is InChI=1S/C50H83O10P/c1-3-5-7-9-11-13-15-17-19-21-22-23-24-26-27-29-31-33-35-37-39-41-49(53)57-45-48(46-59-61(55,56)58-44-47(52)43-51)60-50(54)42-40-38-36-34-32-30-28-25-20-18-16-14-12-10-8-6-4-2/h12,14,18-21,23-24,27-30,33-36,47-48,51-52H,3-11,13,15-17,22,25-26,31-32,37-46H2,1-2H3,(H,55,56)/b14-12+,20-18+,21-19+,24-23+,29-27+,30-28+,35-33+,36-34+/t47-,48+/m0/s1. The molecule has 0 bridgehead atoms. The van der Waals surface area contributed by atoms with Crippen molar-refractivity contribution in [2.45, 2.75) is 180 Å². The number of aliphatic hydroxyl groups is 2. The molecule has 0 amide bonds.